The van der Waals surface area contributed by atoms with Gasteiger partial charge in [-0.1, -0.05) is 133 Å². The summed E-state index contributed by atoms with van der Waals surface area (Å²) in [6, 6.07) is 62.6. The Morgan fingerprint density at radius 1 is 0.293 bits per heavy atom. The summed E-state index contributed by atoms with van der Waals surface area (Å²) in [4.78, 5) is 29.5. The topological polar surface area (TPSA) is 77.3 Å². The SMILES string of the molecule is c1ccc(-c2cc(-c3ccc4ccc(-c5ccc6nc(-c7ccc(-c8ccnc9c8ccc8cccnc89)cc7)ccc6c5)cc4n3)nc(-c3ccccc3)n2)cc1. The Labute approximate surface area is 334 Å². The fourth-order valence-electron chi connectivity index (χ4n) is 7.78. The maximum absolute atomic E-state index is 5.15. The van der Waals surface area contributed by atoms with Gasteiger partial charge in [-0.05, 0) is 70.8 Å². The van der Waals surface area contributed by atoms with Crippen LogP contribution >= 0.6 is 0 Å². The Hall–Kier alpha value is -7.96. The highest BCUT2D eigenvalue weighted by molar-refractivity contribution is 6.08. The minimum absolute atomic E-state index is 0.670. The number of pyridine rings is 4. The van der Waals surface area contributed by atoms with Crippen molar-refractivity contribution in [3.05, 3.63) is 194 Å². The molecule has 11 aromatic rings. The monoisotopic (exact) mass is 740 g/mol. The third kappa shape index (κ3) is 6.10. The summed E-state index contributed by atoms with van der Waals surface area (Å²) in [5.74, 6) is 0.670. The highest BCUT2D eigenvalue weighted by atomic mass is 14.9. The third-order valence-electron chi connectivity index (χ3n) is 10.8. The van der Waals surface area contributed by atoms with E-state index in [1.165, 1.54) is 0 Å². The average molecular weight is 741 g/mol. The van der Waals surface area contributed by atoms with Crippen molar-refractivity contribution in [2.75, 3.05) is 0 Å². The zero-order chi connectivity index (χ0) is 38.4. The second-order valence-electron chi connectivity index (χ2n) is 14.4. The van der Waals surface area contributed by atoms with E-state index in [2.05, 4.69) is 125 Å². The Morgan fingerprint density at radius 2 is 0.931 bits per heavy atom. The Bertz CT molecular complexity index is 3270. The number of hydrogen-bond donors (Lipinski definition) is 0. The first-order valence-electron chi connectivity index (χ1n) is 19.3. The molecule has 0 aliphatic carbocycles. The van der Waals surface area contributed by atoms with Crippen LogP contribution in [0, 0.1) is 0 Å². The zero-order valence-corrected chi connectivity index (χ0v) is 31.2. The maximum Gasteiger partial charge on any atom is 0.160 e. The van der Waals surface area contributed by atoms with Crippen LogP contribution in [0.5, 0.6) is 0 Å². The van der Waals surface area contributed by atoms with Crippen molar-refractivity contribution in [2.45, 2.75) is 0 Å². The molecule has 0 N–H and O–H groups in total. The molecule has 0 spiro atoms. The van der Waals surface area contributed by atoms with Gasteiger partial charge in [0.05, 0.1) is 44.8 Å². The molecular weight excluding hydrogens is 709 g/mol. The highest BCUT2D eigenvalue weighted by Crippen LogP contribution is 2.34. The summed E-state index contributed by atoms with van der Waals surface area (Å²) < 4.78 is 0. The van der Waals surface area contributed by atoms with Gasteiger partial charge in [-0.2, -0.15) is 0 Å². The molecule has 0 aliphatic heterocycles. The van der Waals surface area contributed by atoms with E-state index in [9.17, 15) is 0 Å². The van der Waals surface area contributed by atoms with E-state index in [0.717, 1.165) is 105 Å². The van der Waals surface area contributed by atoms with Gasteiger partial charge in [-0.15, -0.1) is 0 Å². The van der Waals surface area contributed by atoms with Crippen LogP contribution in [0.15, 0.2) is 194 Å². The molecule has 6 aromatic carbocycles. The van der Waals surface area contributed by atoms with Gasteiger partial charge in [0.1, 0.15) is 0 Å². The van der Waals surface area contributed by atoms with Crippen LogP contribution in [-0.4, -0.2) is 29.9 Å². The maximum atomic E-state index is 5.15. The van der Waals surface area contributed by atoms with Gasteiger partial charge in [-0.25, -0.2) is 19.9 Å². The molecule has 0 radical (unpaired) electrons. The lowest BCUT2D eigenvalue weighted by Gasteiger charge is -2.11. The number of benzene rings is 6. The summed E-state index contributed by atoms with van der Waals surface area (Å²) in [5.41, 5.74) is 14.5. The molecular formula is C52H32N6. The van der Waals surface area contributed by atoms with Crippen molar-refractivity contribution < 1.29 is 0 Å². The van der Waals surface area contributed by atoms with E-state index in [1.54, 1.807) is 0 Å². The predicted molar refractivity (Wildman–Crippen MR) is 236 cm³/mol. The second-order valence-corrected chi connectivity index (χ2v) is 14.4. The van der Waals surface area contributed by atoms with Crippen LogP contribution in [0.3, 0.4) is 0 Å². The first kappa shape index (κ1) is 33.4. The van der Waals surface area contributed by atoms with Crippen molar-refractivity contribution in [3.8, 4) is 67.5 Å². The fourth-order valence-corrected chi connectivity index (χ4v) is 7.78. The van der Waals surface area contributed by atoms with Crippen molar-refractivity contribution >= 4 is 43.6 Å². The molecule has 0 saturated heterocycles. The fraction of sp³-hybridized carbons (Fsp3) is 0. The van der Waals surface area contributed by atoms with E-state index < -0.39 is 0 Å². The molecule has 5 heterocycles. The molecule has 270 valence electrons. The zero-order valence-electron chi connectivity index (χ0n) is 31.2. The lowest BCUT2D eigenvalue weighted by molar-refractivity contribution is 1.17. The van der Waals surface area contributed by atoms with Crippen molar-refractivity contribution in [1.82, 2.24) is 29.9 Å². The quantitative estimate of drug-likeness (QED) is 0.158. The number of nitrogens with zero attached hydrogens (tertiary/aromatic N) is 6. The number of aromatic nitrogens is 6. The Balaban J connectivity index is 0.896. The number of rotatable bonds is 6. The normalized spacial score (nSPS) is 11.4. The first-order chi connectivity index (χ1) is 28.7. The molecule has 0 aliphatic rings. The summed E-state index contributed by atoms with van der Waals surface area (Å²) in [7, 11) is 0. The van der Waals surface area contributed by atoms with Gasteiger partial charge in [0, 0.05) is 50.6 Å². The molecule has 6 heteroatoms. The number of hydrogen-bond acceptors (Lipinski definition) is 6. The van der Waals surface area contributed by atoms with Gasteiger partial charge < -0.3 is 0 Å². The lowest BCUT2D eigenvalue weighted by atomic mass is 9.98. The molecule has 58 heavy (non-hydrogen) atoms. The second kappa shape index (κ2) is 14.0. The van der Waals surface area contributed by atoms with Crippen LogP contribution in [0.4, 0.5) is 0 Å². The van der Waals surface area contributed by atoms with Crippen LogP contribution in [-0.2, 0) is 0 Å². The minimum Gasteiger partial charge on any atom is -0.254 e. The van der Waals surface area contributed by atoms with Crippen LogP contribution in [0.2, 0.25) is 0 Å². The molecule has 6 nitrogen and oxygen atoms in total. The largest absolute Gasteiger partial charge is 0.254 e. The van der Waals surface area contributed by atoms with E-state index in [0.29, 0.717) is 5.82 Å². The smallest absolute Gasteiger partial charge is 0.160 e. The predicted octanol–water partition coefficient (Wildman–Crippen LogP) is 12.7. The average Bonchev–Trinajstić information content (AvgIpc) is 3.31. The molecule has 0 unspecified atom stereocenters. The third-order valence-corrected chi connectivity index (χ3v) is 10.8. The summed E-state index contributed by atoms with van der Waals surface area (Å²) in [6.07, 6.45) is 3.69. The first-order valence-corrected chi connectivity index (χ1v) is 19.3. The van der Waals surface area contributed by atoms with E-state index in [1.807, 2.05) is 79.1 Å². The van der Waals surface area contributed by atoms with E-state index >= 15 is 0 Å². The minimum atomic E-state index is 0.670. The molecule has 5 aromatic heterocycles. The highest BCUT2D eigenvalue weighted by Gasteiger charge is 2.14. The van der Waals surface area contributed by atoms with Gasteiger partial charge in [0.2, 0.25) is 0 Å². The van der Waals surface area contributed by atoms with Crippen molar-refractivity contribution in [3.63, 3.8) is 0 Å². The van der Waals surface area contributed by atoms with Gasteiger partial charge in [0.15, 0.2) is 5.82 Å². The Kier molecular flexibility index (Phi) is 8.04. The van der Waals surface area contributed by atoms with Crippen LogP contribution < -0.4 is 0 Å². The van der Waals surface area contributed by atoms with E-state index in [-0.39, 0.29) is 0 Å². The Morgan fingerprint density at radius 3 is 1.79 bits per heavy atom. The molecule has 0 fully saturated rings. The summed E-state index contributed by atoms with van der Waals surface area (Å²) in [6.45, 7) is 0. The standard InChI is InChI=1S/C52H32N6/c1-3-8-34(9-4-1)48-32-49(58-52(57-48)38-10-5-2-6-11-38)46-26-20-36-17-18-40(31-47(36)56-46)39-21-24-45-41(30-39)22-25-44(55-45)35-15-13-33(14-16-35)42-27-29-54-51-43(42)23-19-37-12-7-28-53-50(37)51/h1-32H. The van der Waals surface area contributed by atoms with Crippen LogP contribution in [0.1, 0.15) is 0 Å². The lowest BCUT2D eigenvalue weighted by Crippen LogP contribution is -1.97. The molecule has 0 amide bonds. The summed E-state index contributed by atoms with van der Waals surface area (Å²) in [5, 5.41) is 4.31. The van der Waals surface area contributed by atoms with Crippen LogP contribution in [0.25, 0.3) is 111 Å². The molecule has 11 rings (SSSR count). The van der Waals surface area contributed by atoms with E-state index in [4.69, 9.17) is 19.9 Å². The van der Waals surface area contributed by atoms with Crippen molar-refractivity contribution in [2.24, 2.45) is 0 Å². The van der Waals surface area contributed by atoms with Gasteiger partial charge >= 0.3 is 0 Å². The molecule has 0 bridgehead atoms. The van der Waals surface area contributed by atoms with Crippen molar-refractivity contribution in [1.29, 1.82) is 0 Å². The summed E-state index contributed by atoms with van der Waals surface area (Å²) >= 11 is 0. The van der Waals surface area contributed by atoms with Gasteiger partial charge in [-0.3, -0.25) is 9.97 Å². The molecule has 0 atom stereocenters. The number of fused-ring (bicyclic) bond motifs is 5. The van der Waals surface area contributed by atoms with Gasteiger partial charge in [0.25, 0.3) is 0 Å². The molecule has 0 saturated carbocycles.